The van der Waals surface area contributed by atoms with Gasteiger partial charge in [-0.2, -0.15) is 0 Å². The first kappa shape index (κ1) is 15.8. The van der Waals surface area contributed by atoms with Gasteiger partial charge in [-0.25, -0.2) is 0 Å². The van der Waals surface area contributed by atoms with E-state index in [0.29, 0.717) is 5.54 Å². The lowest BCUT2D eigenvalue weighted by Crippen LogP contribution is -2.56. The highest BCUT2D eigenvalue weighted by atomic mass is 15.2. The molecule has 21 heavy (non-hydrogen) atoms. The first-order chi connectivity index (χ1) is 10.2. The minimum absolute atomic E-state index is 0.466. The minimum atomic E-state index is 0.466. The van der Waals surface area contributed by atoms with Crippen LogP contribution in [0.15, 0.2) is 0 Å². The highest BCUT2D eigenvalue weighted by Gasteiger charge is 2.39. The Kier molecular flexibility index (Phi) is 5.27. The van der Waals surface area contributed by atoms with Gasteiger partial charge in [-0.3, -0.25) is 4.90 Å². The maximum atomic E-state index is 3.97. The van der Waals surface area contributed by atoms with Gasteiger partial charge in [0.1, 0.15) is 0 Å². The molecule has 2 saturated carbocycles. The molecule has 122 valence electrons. The van der Waals surface area contributed by atoms with Crippen LogP contribution in [0.1, 0.15) is 78.1 Å². The number of nitrogens with one attached hydrogen (secondary N) is 1. The minimum Gasteiger partial charge on any atom is -0.310 e. The second-order valence-electron chi connectivity index (χ2n) is 8.35. The molecule has 0 radical (unpaired) electrons. The van der Waals surface area contributed by atoms with Gasteiger partial charge in [0, 0.05) is 18.1 Å². The summed E-state index contributed by atoms with van der Waals surface area (Å²) in [6.07, 6.45) is 14.4. The van der Waals surface area contributed by atoms with E-state index in [1.807, 2.05) is 0 Å². The van der Waals surface area contributed by atoms with Gasteiger partial charge in [0.15, 0.2) is 0 Å². The molecule has 1 aliphatic heterocycles. The third kappa shape index (κ3) is 3.64. The Balaban J connectivity index is 1.72. The quantitative estimate of drug-likeness (QED) is 0.820. The predicted molar refractivity (Wildman–Crippen MR) is 90.6 cm³/mol. The summed E-state index contributed by atoms with van der Waals surface area (Å²) >= 11 is 0. The van der Waals surface area contributed by atoms with Crippen LogP contribution in [0.25, 0.3) is 0 Å². The molecule has 1 saturated heterocycles. The summed E-state index contributed by atoms with van der Waals surface area (Å²) in [5.41, 5.74) is 0.466. The Morgan fingerprint density at radius 3 is 2.48 bits per heavy atom. The maximum absolute atomic E-state index is 3.97. The molecule has 3 aliphatic rings. The van der Waals surface area contributed by atoms with Crippen molar-refractivity contribution in [2.45, 2.75) is 89.6 Å². The van der Waals surface area contributed by atoms with Crippen LogP contribution < -0.4 is 5.32 Å². The average Bonchev–Trinajstić information content (AvgIpc) is 2.71. The normalized spacial score (nSPS) is 35.0. The molecule has 2 aliphatic carbocycles. The number of hydrogen-bond donors (Lipinski definition) is 1. The van der Waals surface area contributed by atoms with Crippen LogP contribution in [-0.2, 0) is 0 Å². The van der Waals surface area contributed by atoms with Crippen molar-refractivity contribution < 1.29 is 0 Å². The van der Waals surface area contributed by atoms with Crippen molar-refractivity contribution in [1.82, 2.24) is 10.2 Å². The SMILES string of the molecule is CC(C)C1CCCCC1N1CCCNC2(CCCCC2)C1. The standard InChI is InChI=1S/C19H36N2/c1-16(2)17-9-4-5-10-18(17)21-14-8-13-20-19(15-21)11-6-3-7-12-19/h16-18,20H,3-15H2,1-2H3. The zero-order valence-corrected chi connectivity index (χ0v) is 14.4. The highest BCUT2D eigenvalue weighted by Crippen LogP contribution is 2.37. The second-order valence-corrected chi connectivity index (χ2v) is 8.35. The number of rotatable bonds is 2. The van der Waals surface area contributed by atoms with Crippen LogP contribution in [0.3, 0.4) is 0 Å². The fraction of sp³-hybridized carbons (Fsp3) is 1.00. The van der Waals surface area contributed by atoms with Gasteiger partial charge in [0.05, 0.1) is 0 Å². The van der Waals surface area contributed by atoms with Crippen LogP contribution >= 0.6 is 0 Å². The molecule has 1 N–H and O–H groups in total. The summed E-state index contributed by atoms with van der Waals surface area (Å²) in [5, 5.41) is 3.97. The van der Waals surface area contributed by atoms with Crippen LogP contribution in [0.4, 0.5) is 0 Å². The van der Waals surface area contributed by atoms with E-state index >= 15 is 0 Å². The zero-order valence-electron chi connectivity index (χ0n) is 14.4. The topological polar surface area (TPSA) is 15.3 Å². The van der Waals surface area contributed by atoms with E-state index in [-0.39, 0.29) is 0 Å². The lowest BCUT2D eigenvalue weighted by atomic mass is 9.75. The molecule has 2 unspecified atom stereocenters. The summed E-state index contributed by atoms with van der Waals surface area (Å²) in [7, 11) is 0. The van der Waals surface area contributed by atoms with Crippen molar-refractivity contribution in [2.24, 2.45) is 11.8 Å². The molecule has 0 aromatic rings. The number of nitrogens with zero attached hydrogens (tertiary/aromatic N) is 1. The van der Waals surface area contributed by atoms with Crippen molar-refractivity contribution in [2.75, 3.05) is 19.6 Å². The highest BCUT2D eigenvalue weighted by molar-refractivity contribution is 4.98. The van der Waals surface area contributed by atoms with Crippen molar-refractivity contribution in [3.63, 3.8) is 0 Å². The molecule has 1 spiro atoms. The van der Waals surface area contributed by atoms with E-state index in [4.69, 9.17) is 0 Å². The summed E-state index contributed by atoms with van der Waals surface area (Å²) in [6, 6.07) is 0.873. The predicted octanol–water partition coefficient (Wildman–Crippen LogP) is 4.20. The summed E-state index contributed by atoms with van der Waals surface area (Å²) in [6.45, 7) is 8.82. The summed E-state index contributed by atoms with van der Waals surface area (Å²) < 4.78 is 0. The molecule has 2 nitrogen and oxygen atoms in total. The van der Waals surface area contributed by atoms with Crippen molar-refractivity contribution in [3.8, 4) is 0 Å². The van der Waals surface area contributed by atoms with Crippen LogP contribution in [0.5, 0.6) is 0 Å². The molecule has 2 heteroatoms. The Morgan fingerprint density at radius 2 is 1.71 bits per heavy atom. The second kappa shape index (κ2) is 7.00. The van der Waals surface area contributed by atoms with Crippen molar-refractivity contribution in [1.29, 1.82) is 0 Å². The lowest BCUT2D eigenvalue weighted by molar-refractivity contribution is 0.0541. The van der Waals surface area contributed by atoms with Crippen LogP contribution in [0.2, 0.25) is 0 Å². The summed E-state index contributed by atoms with van der Waals surface area (Å²) in [4.78, 5) is 2.93. The van der Waals surface area contributed by atoms with Gasteiger partial charge in [0.25, 0.3) is 0 Å². The molecular formula is C19H36N2. The molecule has 0 bridgehead atoms. The Bertz CT molecular complexity index is 320. The zero-order chi connectivity index (χ0) is 14.7. The van der Waals surface area contributed by atoms with Gasteiger partial charge < -0.3 is 5.32 Å². The van der Waals surface area contributed by atoms with E-state index in [9.17, 15) is 0 Å². The van der Waals surface area contributed by atoms with Gasteiger partial charge in [0.2, 0.25) is 0 Å². The molecule has 0 aromatic carbocycles. The maximum Gasteiger partial charge on any atom is 0.0308 e. The monoisotopic (exact) mass is 292 g/mol. The van der Waals surface area contributed by atoms with Crippen LogP contribution in [-0.4, -0.2) is 36.1 Å². The first-order valence-corrected chi connectivity index (χ1v) is 9.69. The number of hydrogen-bond acceptors (Lipinski definition) is 2. The molecular weight excluding hydrogens is 256 g/mol. The van der Waals surface area contributed by atoms with Crippen molar-refractivity contribution >= 4 is 0 Å². The Morgan fingerprint density at radius 1 is 0.952 bits per heavy atom. The fourth-order valence-electron chi connectivity index (χ4n) is 5.38. The van der Waals surface area contributed by atoms with Gasteiger partial charge in [-0.1, -0.05) is 46.0 Å². The van der Waals surface area contributed by atoms with E-state index in [0.717, 1.165) is 17.9 Å². The molecule has 0 aromatic heterocycles. The van der Waals surface area contributed by atoms with Gasteiger partial charge in [-0.15, -0.1) is 0 Å². The Labute approximate surface area is 132 Å². The lowest BCUT2D eigenvalue weighted by Gasteiger charge is -2.46. The summed E-state index contributed by atoms with van der Waals surface area (Å²) in [5.74, 6) is 1.80. The van der Waals surface area contributed by atoms with E-state index in [2.05, 4.69) is 24.1 Å². The van der Waals surface area contributed by atoms with E-state index in [1.165, 1.54) is 83.8 Å². The van der Waals surface area contributed by atoms with Gasteiger partial charge in [-0.05, 0) is 57.0 Å². The Hall–Kier alpha value is -0.0800. The fourth-order valence-corrected chi connectivity index (χ4v) is 5.38. The largest absolute Gasteiger partial charge is 0.310 e. The smallest absolute Gasteiger partial charge is 0.0308 e. The molecule has 1 heterocycles. The van der Waals surface area contributed by atoms with E-state index in [1.54, 1.807) is 0 Å². The molecule has 2 atom stereocenters. The molecule has 0 amide bonds. The first-order valence-electron chi connectivity index (χ1n) is 9.69. The molecule has 3 rings (SSSR count). The van der Waals surface area contributed by atoms with Crippen LogP contribution in [0, 0.1) is 11.8 Å². The van der Waals surface area contributed by atoms with Gasteiger partial charge >= 0.3 is 0 Å². The average molecular weight is 293 g/mol. The molecule has 3 fully saturated rings. The third-order valence-corrected chi connectivity index (χ3v) is 6.55. The van der Waals surface area contributed by atoms with E-state index < -0.39 is 0 Å². The third-order valence-electron chi connectivity index (χ3n) is 6.55. The van der Waals surface area contributed by atoms with Crippen molar-refractivity contribution in [3.05, 3.63) is 0 Å².